The quantitative estimate of drug-likeness (QED) is 0.171. The number of aliphatic hydroxyl groups is 2. The Labute approximate surface area is 228 Å². The molecule has 40 heavy (non-hydrogen) atoms. The van der Waals surface area contributed by atoms with Gasteiger partial charge < -0.3 is 38.3 Å². The van der Waals surface area contributed by atoms with E-state index in [1.165, 1.54) is 9.13 Å². The van der Waals surface area contributed by atoms with Gasteiger partial charge in [0.05, 0.1) is 22.1 Å². The van der Waals surface area contributed by atoms with Crippen LogP contribution in [0.25, 0.3) is 22.1 Å². The number of nitrogens with zero attached hydrogens (tertiary/aromatic N) is 4. The number of rotatable bonds is 14. The molecule has 2 aromatic heterocycles. The van der Waals surface area contributed by atoms with Gasteiger partial charge in [-0.25, -0.2) is 14.8 Å². The zero-order chi connectivity index (χ0) is 28.3. The van der Waals surface area contributed by atoms with Gasteiger partial charge in [0, 0.05) is 26.3 Å². The Morgan fingerprint density at radius 1 is 0.675 bits per heavy atom. The van der Waals surface area contributed by atoms with E-state index in [0.29, 0.717) is 48.0 Å². The second-order valence-corrected chi connectivity index (χ2v) is 8.52. The van der Waals surface area contributed by atoms with Crippen molar-refractivity contribution < 1.29 is 34.0 Å². The number of ether oxygens (including phenoxy) is 4. The van der Waals surface area contributed by atoms with Gasteiger partial charge in [-0.3, -0.25) is 9.59 Å². The molecule has 13 nitrogen and oxygen atoms in total. The predicted molar refractivity (Wildman–Crippen MR) is 144 cm³/mol. The summed E-state index contributed by atoms with van der Waals surface area (Å²) in [5.74, 6) is -0.288. The lowest BCUT2D eigenvalue weighted by Gasteiger charge is -2.13. The Hall–Kier alpha value is -4.49. The average Bonchev–Trinajstić information content (AvgIpc) is 2.97. The van der Waals surface area contributed by atoms with Crippen molar-refractivity contribution in [2.24, 2.45) is 0 Å². The van der Waals surface area contributed by atoms with Crippen LogP contribution in [0.3, 0.4) is 0 Å². The highest BCUT2D eigenvalue weighted by atomic mass is 16.7. The summed E-state index contributed by atoms with van der Waals surface area (Å²) in [6, 6.07) is 14.1. The van der Waals surface area contributed by atoms with Crippen LogP contribution in [0, 0.1) is 0 Å². The predicted octanol–water partition coefficient (Wildman–Crippen LogP) is 1.48. The lowest BCUT2D eigenvalue weighted by Crippen LogP contribution is -2.26. The van der Waals surface area contributed by atoms with Crippen LogP contribution in [0.1, 0.15) is 12.8 Å². The van der Waals surface area contributed by atoms with E-state index in [0.717, 1.165) is 0 Å². The number of hydrogen-bond donors (Lipinski definition) is 2. The van der Waals surface area contributed by atoms with Crippen molar-refractivity contribution in [3.05, 3.63) is 69.2 Å². The van der Waals surface area contributed by atoms with E-state index in [1.807, 2.05) is 0 Å². The largest absolute Gasteiger partial charge is 0.508 e. The Balaban J connectivity index is 1.26. The molecule has 0 radical (unpaired) electrons. The number of carbonyl (C=O) groups excluding carboxylic acids is 1. The molecule has 0 aliphatic rings. The van der Waals surface area contributed by atoms with Crippen LogP contribution in [0.5, 0.6) is 11.8 Å². The van der Waals surface area contributed by atoms with Gasteiger partial charge >= 0.3 is 17.3 Å². The van der Waals surface area contributed by atoms with E-state index in [9.17, 15) is 14.4 Å². The molecular formula is C27H30N4O9. The van der Waals surface area contributed by atoms with E-state index in [-0.39, 0.29) is 51.4 Å². The van der Waals surface area contributed by atoms with Crippen LogP contribution < -0.4 is 20.6 Å². The third-order valence-electron chi connectivity index (χ3n) is 5.81. The maximum Gasteiger partial charge on any atom is 0.508 e. The molecule has 0 amide bonds. The number of aliphatic hydroxyl groups excluding tert-OH is 2. The molecule has 0 saturated carbocycles. The summed E-state index contributed by atoms with van der Waals surface area (Å²) in [4.78, 5) is 46.0. The first-order valence-electron chi connectivity index (χ1n) is 12.8. The lowest BCUT2D eigenvalue weighted by atomic mass is 10.3. The first-order chi connectivity index (χ1) is 19.5. The topological polar surface area (TPSA) is 164 Å². The van der Waals surface area contributed by atoms with Gasteiger partial charge in [-0.2, -0.15) is 0 Å². The summed E-state index contributed by atoms with van der Waals surface area (Å²) < 4.78 is 23.8. The van der Waals surface area contributed by atoms with Gasteiger partial charge in [0.2, 0.25) is 0 Å². The van der Waals surface area contributed by atoms with Crippen molar-refractivity contribution in [3.8, 4) is 11.8 Å². The molecule has 0 bridgehead atoms. The fourth-order valence-electron chi connectivity index (χ4n) is 4.00. The highest BCUT2D eigenvalue weighted by Crippen LogP contribution is 2.14. The molecular weight excluding hydrogens is 524 g/mol. The van der Waals surface area contributed by atoms with Crippen molar-refractivity contribution in [1.82, 2.24) is 19.1 Å². The highest BCUT2D eigenvalue weighted by Gasteiger charge is 2.14. The van der Waals surface area contributed by atoms with Gasteiger partial charge in [0.1, 0.15) is 26.4 Å². The van der Waals surface area contributed by atoms with E-state index >= 15 is 0 Å². The van der Waals surface area contributed by atoms with Crippen LogP contribution in [0.2, 0.25) is 0 Å². The van der Waals surface area contributed by atoms with Crippen LogP contribution in [0.4, 0.5) is 4.79 Å². The Bertz CT molecular complexity index is 1450. The molecule has 0 aliphatic carbocycles. The standard InChI is InChI=1S/C27H30N4O9/c32-13-5-11-30-21-9-3-1-7-19(21)28-23(25(30)34)37-15-17-39-27(36)40-18-16-38-24-26(35)31(12-6-14-33)22-10-4-2-8-20(22)29-24/h1-4,7-10,32-33H,5-6,11-18H2. The van der Waals surface area contributed by atoms with E-state index in [4.69, 9.17) is 29.2 Å². The fraction of sp³-hybridized carbons (Fsp3) is 0.370. The number of hydrogen-bond acceptors (Lipinski definition) is 11. The SMILES string of the molecule is O=C(OCCOc1nc2ccccc2n(CCCO)c1=O)OCCOc1nc2ccccc2n(CCCO)c1=O. The molecule has 0 spiro atoms. The summed E-state index contributed by atoms with van der Waals surface area (Å²) in [5, 5.41) is 18.3. The molecule has 4 rings (SSSR count). The van der Waals surface area contributed by atoms with Crippen molar-refractivity contribution in [2.45, 2.75) is 25.9 Å². The summed E-state index contributed by atoms with van der Waals surface area (Å²) in [6.07, 6.45) is -0.197. The number of aryl methyl sites for hydroxylation is 2. The van der Waals surface area contributed by atoms with Crippen molar-refractivity contribution in [1.29, 1.82) is 0 Å². The lowest BCUT2D eigenvalue weighted by molar-refractivity contribution is 0.0373. The van der Waals surface area contributed by atoms with E-state index in [2.05, 4.69) is 9.97 Å². The van der Waals surface area contributed by atoms with Crippen molar-refractivity contribution in [3.63, 3.8) is 0 Å². The summed E-state index contributed by atoms with van der Waals surface area (Å²) in [7, 11) is 0. The molecule has 0 unspecified atom stereocenters. The number of para-hydroxylation sites is 4. The molecule has 13 heteroatoms. The summed E-state index contributed by atoms with van der Waals surface area (Å²) in [6.45, 7) is -0.224. The molecule has 0 atom stereocenters. The Morgan fingerprint density at radius 3 is 1.52 bits per heavy atom. The average molecular weight is 555 g/mol. The van der Waals surface area contributed by atoms with Gasteiger partial charge in [-0.1, -0.05) is 24.3 Å². The molecule has 2 aromatic carbocycles. The molecule has 212 valence electrons. The normalized spacial score (nSPS) is 11.1. The first-order valence-corrected chi connectivity index (χ1v) is 12.8. The maximum absolute atomic E-state index is 12.8. The second kappa shape index (κ2) is 14.1. The summed E-state index contributed by atoms with van der Waals surface area (Å²) in [5.41, 5.74) is 1.44. The maximum atomic E-state index is 12.8. The monoisotopic (exact) mass is 554 g/mol. The van der Waals surface area contributed by atoms with Gasteiger partial charge in [-0.15, -0.1) is 0 Å². The highest BCUT2D eigenvalue weighted by molar-refractivity contribution is 5.75. The third-order valence-corrected chi connectivity index (χ3v) is 5.81. The van der Waals surface area contributed by atoms with Crippen LogP contribution in [-0.2, 0) is 22.6 Å². The smallest absolute Gasteiger partial charge is 0.470 e. The fourth-order valence-corrected chi connectivity index (χ4v) is 4.00. The van der Waals surface area contributed by atoms with Gasteiger partial charge in [-0.05, 0) is 37.1 Å². The number of carbonyl (C=O) groups is 1. The molecule has 2 heterocycles. The minimum atomic E-state index is -0.981. The first kappa shape index (κ1) is 28.5. The molecule has 0 fully saturated rings. The van der Waals surface area contributed by atoms with E-state index < -0.39 is 17.3 Å². The van der Waals surface area contributed by atoms with Crippen LogP contribution >= 0.6 is 0 Å². The molecule has 0 saturated heterocycles. The van der Waals surface area contributed by atoms with Crippen molar-refractivity contribution in [2.75, 3.05) is 39.6 Å². The zero-order valence-corrected chi connectivity index (χ0v) is 21.7. The number of fused-ring (bicyclic) bond motifs is 2. The number of benzene rings is 2. The zero-order valence-electron chi connectivity index (χ0n) is 21.7. The Morgan fingerprint density at radius 2 is 1.10 bits per heavy atom. The minimum absolute atomic E-state index is 0.0677. The van der Waals surface area contributed by atoms with Crippen LogP contribution in [0.15, 0.2) is 58.1 Å². The third kappa shape index (κ3) is 6.93. The van der Waals surface area contributed by atoms with Gasteiger partial charge in [0.25, 0.3) is 11.8 Å². The second-order valence-electron chi connectivity index (χ2n) is 8.52. The minimum Gasteiger partial charge on any atom is -0.470 e. The molecule has 0 aliphatic heterocycles. The molecule has 2 N–H and O–H groups in total. The van der Waals surface area contributed by atoms with E-state index in [1.54, 1.807) is 48.5 Å². The Kier molecular flexibility index (Phi) is 10.0. The van der Waals surface area contributed by atoms with Crippen molar-refractivity contribution >= 4 is 28.2 Å². The summed E-state index contributed by atoms with van der Waals surface area (Å²) >= 11 is 0. The molecule has 4 aromatic rings. The van der Waals surface area contributed by atoms with Crippen LogP contribution in [-0.4, -0.2) is 75.1 Å². The van der Waals surface area contributed by atoms with Gasteiger partial charge in [0.15, 0.2) is 0 Å². The number of aromatic nitrogens is 4.